The van der Waals surface area contributed by atoms with Crippen LogP contribution in [0.4, 0.5) is 0 Å². The maximum atomic E-state index is 12.4. The van der Waals surface area contributed by atoms with Gasteiger partial charge in [0, 0.05) is 24.8 Å². The Morgan fingerprint density at radius 3 is 2.35 bits per heavy atom. The van der Waals surface area contributed by atoms with Gasteiger partial charge in [-0.25, -0.2) is 0 Å². The van der Waals surface area contributed by atoms with Crippen molar-refractivity contribution in [2.24, 2.45) is 0 Å². The molecule has 0 radical (unpaired) electrons. The summed E-state index contributed by atoms with van der Waals surface area (Å²) in [6.07, 6.45) is 1.70. The van der Waals surface area contributed by atoms with Crippen LogP contribution < -0.4 is 9.47 Å². The number of ether oxygens (including phenoxy) is 2. The van der Waals surface area contributed by atoms with Crippen LogP contribution >= 0.6 is 0 Å². The van der Waals surface area contributed by atoms with E-state index in [-0.39, 0.29) is 12.3 Å². The second-order valence-corrected chi connectivity index (χ2v) is 5.79. The monoisotopic (exact) mass is 349 g/mol. The number of carbonyl (C=O) groups excluding carboxylic acids is 2. The molecule has 0 saturated heterocycles. The Balaban J connectivity index is 1.60. The van der Waals surface area contributed by atoms with Gasteiger partial charge in [-0.1, -0.05) is 30.3 Å². The molecule has 0 aliphatic rings. The minimum Gasteiger partial charge on any atom is -0.489 e. The third kappa shape index (κ3) is 4.60. The first kappa shape index (κ1) is 17.5. The molecular weight excluding hydrogens is 330 g/mol. The fraction of sp³-hybridized carbons (Fsp3) is 0.143. The fourth-order valence-corrected chi connectivity index (χ4v) is 2.49. The zero-order valence-electron chi connectivity index (χ0n) is 14.4. The maximum Gasteiger partial charge on any atom is 0.309 e. The predicted molar refractivity (Wildman–Crippen MR) is 97.3 cm³/mol. The van der Waals surface area contributed by atoms with Gasteiger partial charge < -0.3 is 14.0 Å². The molecule has 0 bridgehead atoms. The van der Waals surface area contributed by atoms with E-state index in [0.717, 1.165) is 5.56 Å². The zero-order chi connectivity index (χ0) is 18.4. The average Bonchev–Trinajstić information content (AvgIpc) is 3.07. The van der Waals surface area contributed by atoms with Crippen molar-refractivity contribution in [1.29, 1.82) is 0 Å². The number of hydrogen-bond donors (Lipinski definition) is 0. The first-order chi connectivity index (χ1) is 12.6. The van der Waals surface area contributed by atoms with Crippen LogP contribution in [0.15, 0.2) is 72.9 Å². The number of ketones is 1. The lowest BCUT2D eigenvalue weighted by atomic mass is 10.1. The summed E-state index contributed by atoms with van der Waals surface area (Å²) < 4.78 is 12.4. The van der Waals surface area contributed by atoms with Crippen molar-refractivity contribution < 1.29 is 19.1 Å². The number of Topliss-reactive ketones (excluding diaryl/α,β-unsaturated/α-hetero) is 1. The molecule has 1 heterocycles. The summed E-state index contributed by atoms with van der Waals surface area (Å²) in [5, 5.41) is 0. The van der Waals surface area contributed by atoms with Gasteiger partial charge in [0.05, 0.1) is 6.54 Å². The van der Waals surface area contributed by atoms with Gasteiger partial charge in [0.2, 0.25) is 5.88 Å². The molecule has 0 spiro atoms. The summed E-state index contributed by atoms with van der Waals surface area (Å²) in [5.41, 5.74) is 1.65. The van der Waals surface area contributed by atoms with Crippen LogP contribution in [0.3, 0.4) is 0 Å². The van der Waals surface area contributed by atoms with Gasteiger partial charge in [0.25, 0.3) is 0 Å². The van der Waals surface area contributed by atoms with Crippen molar-refractivity contribution >= 4 is 11.8 Å². The second-order valence-electron chi connectivity index (χ2n) is 5.79. The van der Waals surface area contributed by atoms with Gasteiger partial charge in [0.15, 0.2) is 5.78 Å². The smallest absolute Gasteiger partial charge is 0.309 e. The van der Waals surface area contributed by atoms with Crippen LogP contribution in [-0.4, -0.2) is 16.3 Å². The highest BCUT2D eigenvalue weighted by molar-refractivity contribution is 5.96. The lowest BCUT2D eigenvalue weighted by Gasteiger charge is -2.09. The van der Waals surface area contributed by atoms with Gasteiger partial charge in [-0.15, -0.1) is 0 Å². The van der Waals surface area contributed by atoms with E-state index < -0.39 is 5.97 Å². The lowest BCUT2D eigenvalue weighted by Crippen LogP contribution is -2.13. The van der Waals surface area contributed by atoms with Crippen LogP contribution in [0.5, 0.6) is 11.6 Å². The molecule has 0 atom stereocenters. The molecule has 1 aromatic heterocycles. The van der Waals surface area contributed by atoms with E-state index in [0.29, 0.717) is 23.8 Å². The van der Waals surface area contributed by atoms with Crippen LogP contribution in [0.25, 0.3) is 0 Å². The molecule has 0 fully saturated rings. The standard InChI is InChI=1S/C21H19NO4/c1-16(23)26-21-8-5-13-22(21)14-20(24)18-9-11-19(12-10-18)25-15-17-6-3-2-4-7-17/h2-13H,14-15H2,1H3. The number of nitrogens with zero attached hydrogens (tertiary/aromatic N) is 1. The Hall–Kier alpha value is -3.34. The Kier molecular flexibility index (Phi) is 5.49. The third-order valence-corrected chi connectivity index (χ3v) is 3.77. The topological polar surface area (TPSA) is 57.5 Å². The molecule has 26 heavy (non-hydrogen) atoms. The highest BCUT2D eigenvalue weighted by Gasteiger charge is 2.11. The van der Waals surface area contributed by atoms with Crippen molar-refractivity contribution in [3.05, 3.63) is 84.1 Å². The van der Waals surface area contributed by atoms with E-state index in [1.165, 1.54) is 6.92 Å². The van der Waals surface area contributed by atoms with E-state index >= 15 is 0 Å². The fourth-order valence-electron chi connectivity index (χ4n) is 2.49. The van der Waals surface area contributed by atoms with Gasteiger partial charge in [-0.05, 0) is 35.9 Å². The Morgan fingerprint density at radius 2 is 1.65 bits per heavy atom. The van der Waals surface area contributed by atoms with E-state index in [4.69, 9.17) is 9.47 Å². The molecule has 5 heteroatoms. The molecular formula is C21H19NO4. The Labute approximate surface area is 151 Å². The Morgan fingerprint density at radius 1 is 0.923 bits per heavy atom. The maximum absolute atomic E-state index is 12.4. The number of benzene rings is 2. The molecule has 0 amide bonds. The number of hydrogen-bond acceptors (Lipinski definition) is 4. The van der Waals surface area contributed by atoms with Crippen molar-refractivity contribution in [3.63, 3.8) is 0 Å². The van der Waals surface area contributed by atoms with Crippen molar-refractivity contribution in [2.75, 3.05) is 0 Å². The predicted octanol–water partition coefficient (Wildman–Crippen LogP) is 3.88. The third-order valence-electron chi connectivity index (χ3n) is 3.77. The summed E-state index contributed by atoms with van der Waals surface area (Å²) in [6.45, 7) is 1.90. The molecule has 0 unspecified atom stereocenters. The second kappa shape index (κ2) is 8.16. The summed E-state index contributed by atoms with van der Waals surface area (Å²) in [4.78, 5) is 23.5. The van der Waals surface area contributed by atoms with E-state index in [9.17, 15) is 9.59 Å². The van der Waals surface area contributed by atoms with Gasteiger partial charge in [-0.3, -0.25) is 9.59 Å². The van der Waals surface area contributed by atoms with Crippen LogP contribution in [0.2, 0.25) is 0 Å². The summed E-state index contributed by atoms with van der Waals surface area (Å²) in [6, 6.07) is 20.3. The average molecular weight is 349 g/mol. The quantitative estimate of drug-likeness (QED) is 0.480. The SMILES string of the molecule is CC(=O)Oc1cccn1CC(=O)c1ccc(OCc2ccccc2)cc1. The normalized spacial score (nSPS) is 10.3. The largest absolute Gasteiger partial charge is 0.489 e. The minimum atomic E-state index is -0.419. The van der Waals surface area contributed by atoms with Crippen LogP contribution in [0, 0.1) is 0 Å². The molecule has 5 nitrogen and oxygen atoms in total. The zero-order valence-corrected chi connectivity index (χ0v) is 14.4. The molecule has 3 aromatic rings. The molecule has 0 aliphatic carbocycles. The molecule has 132 valence electrons. The summed E-state index contributed by atoms with van der Waals surface area (Å²) in [7, 11) is 0. The minimum absolute atomic E-state index is 0.0794. The van der Waals surface area contributed by atoms with Gasteiger partial charge in [0.1, 0.15) is 12.4 Å². The van der Waals surface area contributed by atoms with Crippen LogP contribution in [-0.2, 0) is 17.9 Å². The first-order valence-corrected chi connectivity index (χ1v) is 8.25. The van der Waals surface area contributed by atoms with Crippen molar-refractivity contribution in [1.82, 2.24) is 4.57 Å². The van der Waals surface area contributed by atoms with Crippen molar-refractivity contribution in [2.45, 2.75) is 20.1 Å². The Bertz CT molecular complexity index is 882. The molecule has 3 rings (SSSR count). The summed E-state index contributed by atoms with van der Waals surface area (Å²) in [5.74, 6) is 0.558. The number of aromatic nitrogens is 1. The molecule has 2 aromatic carbocycles. The highest BCUT2D eigenvalue weighted by Crippen LogP contribution is 2.17. The molecule has 0 aliphatic heterocycles. The molecule has 0 N–H and O–H groups in total. The first-order valence-electron chi connectivity index (χ1n) is 8.25. The van der Waals surface area contributed by atoms with E-state index in [2.05, 4.69) is 0 Å². The summed E-state index contributed by atoms with van der Waals surface area (Å²) >= 11 is 0. The molecule has 0 saturated carbocycles. The van der Waals surface area contributed by atoms with Gasteiger partial charge in [-0.2, -0.15) is 0 Å². The lowest BCUT2D eigenvalue weighted by molar-refractivity contribution is -0.132. The van der Waals surface area contributed by atoms with Crippen molar-refractivity contribution in [3.8, 4) is 11.6 Å². The number of esters is 1. The van der Waals surface area contributed by atoms with E-state index in [1.54, 1.807) is 47.2 Å². The number of carbonyl (C=O) groups is 2. The van der Waals surface area contributed by atoms with E-state index in [1.807, 2.05) is 30.3 Å². The highest BCUT2D eigenvalue weighted by atomic mass is 16.5. The van der Waals surface area contributed by atoms with Crippen LogP contribution in [0.1, 0.15) is 22.8 Å². The number of rotatable bonds is 7. The van der Waals surface area contributed by atoms with Gasteiger partial charge >= 0.3 is 5.97 Å².